The van der Waals surface area contributed by atoms with Gasteiger partial charge in [0.2, 0.25) is 0 Å². The van der Waals surface area contributed by atoms with Crippen LogP contribution in [0.25, 0.3) is 10.9 Å². The van der Waals surface area contributed by atoms with Crippen LogP contribution in [0.3, 0.4) is 0 Å². The Hall–Kier alpha value is -1.35. The van der Waals surface area contributed by atoms with E-state index in [0.29, 0.717) is 6.54 Å². The number of benzene rings is 1. The molecule has 1 aromatic heterocycles. The first-order valence-corrected chi connectivity index (χ1v) is 4.61. The predicted octanol–water partition coefficient (Wildman–Crippen LogP) is 2.10. The first-order valence-electron chi connectivity index (χ1n) is 4.61. The highest BCUT2D eigenvalue weighted by Gasteiger charge is 2.06. The SMILES string of the molecule is OCc1cc2ccccc2n1CCF. The Labute approximate surface area is 81.6 Å². The van der Waals surface area contributed by atoms with Crippen LogP contribution in [0.15, 0.2) is 30.3 Å². The zero-order valence-electron chi connectivity index (χ0n) is 7.78. The largest absolute Gasteiger partial charge is 0.390 e. The highest BCUT2D eigenvalue weighted by Crippen LogP contribution is 2.19. The molecule has 0 atom stereocenters. The molecule has 0 spiro atoms. The summed E-state index contributed by atoms with van der Waals surface area (Å²) in [5.41, 5.74) is 1.75. The highest BCUT2D eigenvalue weighted by molar-refractivity contribution is 5.81. The van der Waals surface area contributed by atoms with Crippen molar-refractivity contribution in [2.24, 2.45) is 0 Å². The highest BCUT2D eigenvalue weighted by atomic mass is 19.1. The van der Waals surface area contributed by atoms with Gasteiger partial charge in [-0.05, 0) is 17.5 Å². The number of alkyl halides is 1. The number of hydrogen-bond acceptors (Lipinski definition) is 1. The molecule has 3 heteroatoms. The lowest BCUT2D eigenvalue weighted by atomic mass is 10.2. The Morgan fingerprint density at radius 2 is 2.07 bits per heavy atom. The minimum atomic E-state index is -0.411. The van der Waals surface area contributed by atoms with E-state index in [4.69, 9.17) is 5.11 Å². The van der Waals surface area contributed by atoms with Gasteiger partial charge in [0.25, 0.3) is 0 Å². The minimum Gasteiger partial charge on any atom is -0.390 e. The van der Waals surface area contributed by atoms with Crippen molar-refractivity contribution in [2.75, 3.05) is 6.67 Å². The van der Waals surface area contributed by atoms with E-state index in [1.807, 2.05) is 34.9 Å². The van der Waals surface area contributed by atoms with Crippen molar-refractivity contribution in [2.45, 2.75) is 13.2 Å². The van der Waals surface area contributed by atoms with E-state index in [0.717, 1.165) is 16.6 Å². The fourth-order valence-electron chi connectivity index (χ4n) is 1.75. The predicted molar refractivity (Wildman–Crippen MR) is 53.8 cm³/mol. The molecule has 0 saturated heterocycles. The molecular formula is C11H12FNO. The fourth-order valence-corrected chi connectivity index (χ4v) is 1.75. The minimum absolute atomic E-state index is 0.0469. The molecular weight excluding hydrogens is 181 g/mol. The average molecular weight is 193 g/mol. The van der Waals surface area contributed by atoms with E-state index in [2.05, 4.69) is 0 Å². The summed E-state index contributed by atoms with van der Waals surface area (Å²) in [6.45, 7) is -0.149. The third kappa shape index (κ3) is 1.40. The lowest BCUT2D eigenvalue weighted by molar-refractivity contribution is 0.269. The Morgan fingerprint density at radius 3 is 2.79 bits per heavy atom. The molecule has 2 rings (SSSR count). The van der Waals surface area contributed by atoms with Gasteiger partial charge in [-0.25, -0.2) is 4.39 Å². The van der Waals surface area contributed by atoms with Crippen LogP contribution in [0, 0.1) is 0 Å². The van der Waals surface area contributed by atoms with Crippen LogP contribution in [0.1, 0.15) is 5.69 Å². The molecule has 0 aliphatic carbocycles. The molecule has 1 N–H and O–H groups in total. The summed E-state index contributed by atoms with van der Waals surface area (Å²) in [7, 11) is 0. The molecule has 0 aliphatic rings. The van der Waals surface area contributed by atoms with E-state index < -0.39 is 6.67 Å². The van der Waals surface area contributed by atoms with E-state index in [-0.39, 0.29) is 6.61 Å². The van der Waals surface area contributed by atoms with Crippen molar-refractivity contribution >= 4 is 10.9 Å². The van der Waals surface area contributed by atoms with Crippen molar-refractivity contribution in [1.29, 1.82) is 0 Å². The zero-order valence-corrected chi connectivity index (χ0v) is 7.78. The molecule has 0 radical (unpaired) electrons. The summed E-state index contributed by atoms with van der Waals surface area (Å²) in [4.78, 5) is 0. The summed E-state index contributed by atoms with van der Waals surface area (Å²) >= 11 is 0. The van der Waals surface area contributed by atoms with Crippen molar-refractivity contribution < 1.29 is 9.50 Å². The molecule has 1 aromatic carbocycles. The number of nitrogens with zero attached hydrogens (tertiary/aromatic N) is 1. The van der Waals surface area contributed by atoms with Gasteiger partial charge >= 0.3 is 0 Å². The molecule has 0 unspecified atom stereocenters. The Balaban J connectivity index is 2.61. The molecule has 74 valence electrons. The molecule has 0 saturated carbocycles. The number of rotatable bonds is 3. The van der Waals surface area contributed by atoms with Crippen LogP contribution in [0.4, 0.5) is 4.39 Å². The van der Waals surface area contributed by atoms with Crippen LogP contribution in [0.5, 0.6) is 0 Å². The van der Waals surface area contributed by atoms with Crippen molar-refractivity contribution in [1.82, 2.24) is 4.57 Å². The lowest BCUT2D eigenvalue weighted by Crippen LogP contribution is -2.03. The molecule has 0 amide bonds. The molecule has 0 fully saturated rings. The number of hydrogen-bond donors (Lipinski definition) is 1. The van der Waals surface area contributed by atoms with Crippen LogP contribution >= 0.6 is 0 Å². The summed E-state index contributed by atoms with van der Waals surface area (Å²) < 4.78 is 14.1. The number of aliphatic hydroxyl groups is 1. The summed E-state index contributed by atoms with van der Waals surface area (Å²) in [5, 5.41) is 10.1. The van der Waals surface area contributed by atoms with Crippen LogP contribution in [-0.2, 0) is 13.2 Å². The van der Waals surface area contributed by atoms with Gasteiger partial charge in [0, 0.05) is 11.2 Å². The van der Waals surface area contributed by atoms with Crippen LogP contribution in [-0.4, -0.2) is 16.3 Å². The van der Waals surface area contributed by atoms with Gasteiger partial charge in [-0.1, -0.05) is 18.2 Å². The van der Waals surface area contributed by atoms with E-state index in [9.17, 15) is 4.39 Å². The number of aliphatic hydroxyl groups excluding tert-OH is 1. The third-order valence-electron chi connectivity index (χ3n) is 2.37. The molecule has 0 aliphatic heterocycles. The van der Waals surface area contributed by atoms with E-state index >= 15 is 0 Å². The van der Waals surface area contributed by atoms with Gasteiger partial charge in [0.15, 0.2) is 0 Å². The summed E-state index contributed by atoms with van der Waals surface area (Å²) in [5.74, 6) is 0. The number of aryl methyl sites for hydroxylation is 1. The van der Waals surface area contributed by atoms with Gasteiger partial charge in [-0.15, -0.1) is 0 Å². The van der Waals surface area contributed by atoms with Crippen LogP contribution in [0.2, 0.25) is 0 Å². The van der Waals surface area contributed by atoms with Gasteiger partial charge in [0.05, 0.1) is 13.2 Å². The monoisotopic (exact) mass is 193 g/mol. The quantitative estimate of drug-likeness (QED) is 0.793. The average Bonchev–Trinajstić information content (AvgIpc) is 2.58. The topological polar surface area (TPSA) is 25.2 Å². The number of para-hydroxylation sites is 1. The summed E-state index contributed by atoms with van der Waals surface area (Å²) in [6.07, 6.45) is 0. The second-order valence-electron chi connectivity index (χ2n) is 3.19. The van der Waals surface area contributed by atoms with Crippen molar-refractivity contribution in [3.63, 3.8) is 0 Å². The Bertz CT molecular complexity index is 436. The van der Waals surface area contributed by atoms with Gasteiger partial charge in [-0.3, -0.25) is 0 Å². The second-order valence-corrected chi connectivity index (χ2v) is 3.19. The number of fused-ring (bicyclic) bond motifs is 1. The van der Waals surface area contributed by atoms with Crippen molar-refractivity contribution in [3.05, 3.63) is 36.0 Å². The first kappa shape index (κ1) is 9.21. The molecule has 14 heavy (non-hydrogen) atoms. The maximum atomic E-state index is 12.3. The zero-order chi connectivity index (χ0) is 9.97. The maximum absolute atomic E-state index is 12.3. The third-order valence-corrected chi connectivity index (χ3v) is 2.37. The first-order chi connectivity index (χ1) is 6.86. The Morgan fingerprint density at radius 1 is 1.29 bits per heavy atom. The van der Waals surface area contributed by atoms with Gasteiger partial charge < -0.3 is 9.67 Å². The van der Waals surface area contributed by atoms with Gasteiger partial charge in [0.1, 0.15) is 6.67 Å². The number of aromatic nitrogens is 1. The standard InChI is InChI=1S/C11H12FNO/c12-5-6-13-10(8-14)7-9-3-1-2-4-11(9)13/h1-4,7,14H,5-6,8H2. The van der Waals surface area contributed by atoms with E-state index in [1.54, 1.807) is 0 Å². The lowest BCUT2D eigenvalue weighted by Gasteiger charge is -2.05. The Kier molecular flexibility index (Phi) is 2.50. The van der Waals surface area contributed by atoms with Crippen molar-refractivity contribution in [3.8, 4) is 0 Å². The maximum Gasteiger partial charge on any atom is 0.107 e. The summed E-state index contributed by atoms with van der Waals surface area (Å²) in [6, 6.07) is 9.64. The number of halogens is 1. The molecule has 0 bridgehead atoms. The van der Waals surface area contributed by atoms with E-state index in [1.165, 1.54) is 0 Å². The smallest absolute Gasteiger partial charge is 0.107 e. The van der Waals surface area contributed by atoms with Gasteiger partial charge in [-0.2, -0.15) is 0 Å². The molecule has 2 aromatic rings. The molecule has 2 nitrogen and oxygen atoms in total. The normalized spacial score (nSPS) is 11.0. The second kappa shape index (κ2) is 3.80. The fraction of sp³-hybridized carbons (Fsp3) is 0.273. The van der Waals surface area contributed by atoms with Crippen LogP contribution < -0.4 is 0 Å². The molecule has 1 heterocycles.